The number of nitrogens with one attached hydrogen (secondary N) is 1. The zero-order valence-corrected chi connectivity index (χ0v) is 9.17. The molecule has 3 rings (SSSR count). The highest BCUT2D eigenvalue weighted by molar-refractivity contribution is 6.31. The number of halogens is 1. The molecule has 1 aliphatic rings. The minimum absolute atomic E-state index is 0.486. The van der Waals surface area contributed by atoms with Crippen LogP contribution in [0.1, 0.15) is 12.5 Å². The van der Waals surface area contributed by atoms with Gasteiger partial charge in [-0.2, -0.15) is 0 Å². The second-order valence-electron chi connectivity index (χ2n) is 4.08. The molecule has 1 unspecified atom stereocenters. The second-order valence-corrected chi connectivity index (χ2v) is 4.52. The van der Waals surface area contributed by atoms with Gasteiger partial charge in [0.15, 0.2) is 0 Å². The Balaban J connectivity index is 2.25. The molecule has 0 spiro atoms. The number of hydrogen-bond acceptors (Lipinski definition) is 2. The zero-order chi connectivity index (χ0) is 10.4. The Morgan fingerprint density at radius 2 is 2.27 bits per heavy atom. The van der Waals surface area contributed by atoms with E-state index in [1.54, 1.807) is 0 Å². The Morgan fingerprint density at radius 1 is 1.40 bits per heavy atom. The number of benzene rings is 1. The third kappa shape index (κ3) is 1.45. The van der Waals surface area contributed by atoms with E-state index in [1.165, 1.54) is 5.56 Å². The number of aromatic nitrogens is 1. The van der Waals surface area contributed by atoms with Crippen LogP contribution >= 0.6 is 11.6 Å². The molecule has 76 valence electrons. The predicted molar refractivity (Wildman–Crippen MR) is 63.5 cm³/mol. The van der Waals surface area contributed by atoms with E-state index in [4.69, 9.17) is 11.6 Å². The molecule has 0 fully saturated rings. The second kappa shape index (κ2) is 3.11. The lowest BCUT2D eigenvalue weighted by molar-refractivity contribution is 0.839. The van der Waals surface area contributed by atoms with Crippen LogP contribution in [-0.2, 0) is 6.42 Å². The van der Waals surface area contributed by atoms with Gasteiger partial charge < -0.3 is 5.32 Å². The molecular formula is C12H11ClN2. The third-order valence-electron chi connectivity index (χ3n) is 2.76. The topological polar surface area (TPSA) is 24.9 Å². The first-order valence-electron chi connectivity index (χ1n) is 5.08. The van der Waals surface area contributed by atoms with Crippen molar-refractivity contribution in [1.82, 2.24) is 4.98 Å². The largest absolute Gasteiger partial charge is 0.367 e. The number of nitrogens with zero attached hydrogens (tertiary/aromatic N) is 1. The van der Waals surface area contributed by atoms with Crippen molar-refractivity contribution in [2.24, 2.45) is 0 Å². The Morgan fingerprint density at radius 3 is 3.13 bits per heavy atom. The lowest BCUT2D eigenvalue weighted by Crippen LogP contribution is -2.08. The van der Waals surface area contributed by atoms with Gasteiger partial charge in [-0.15, -0.1) is 0 Å². The van der Waals surface area contributed by atoms with Gasteiger partial charge in [0, 0.05) is 16.5 Å². The van der Waals surface area contributed by atoms with Crippen molar-refractivity contribution in [3.05, 3.63) is 34.9 Å². The van der Waals surface area contributed by atoms with E-state index in [2.05, 4.69) is 23.3 Å². The van der Waals surface area contributed by atoms with Gasteiger partial charge in [-0.1, -0.05) is 11.6 Å². The van der Waals surface area contributed by atoms with Crippen molar-refractivity contribution in [2.45, 2.75) is 19.4 Å². The summed E-state index contributed by atoms with van der Waals surface area (Å²) in [6.07, 6.45) is 1.05. The molecule has 15 heavy (non-hydrogen) atoms. The highest BCUT2D eigenvalue weighted by Crippen LogP contribution is 2.28. The van der Waals surface area contributed by atoms with Crippen LogP contribution in [0.5, 0.6) is 0 Å². The summed E-state index contributed by atoms with van der Waals surface area (Å²) in [6.45, 7) is 2.17. The molecule has 1 aliphatic heterocycles. The smallest absolute Gasteiger partial charge is 0.130 e. The molecule has 0 aliphatic carbocycles. The lowest BCUT2D eigenvalue weighted by Gasteiger charge is -2.03. The SMILES string of the molecule is CC1Cc2cc3cc(Cl)ccc3nc2N1. The molecule has 0 radical (unpaired) electrons. The summed E-state index contributed by atoms with van der Waals surface area (Å²) in [5.41, 5.74) is 2.29. The summed E-state index contributed by atoms with van der Waals surface area (Å²) in [6, 6.07) is 8.47. The van der Waals surface area contributed by atoms with Crippen molar-refractivity contribution in [1.29, 1.82) is 0 Å². The third-order valence-corrected chi connectivity index (χ3v) is 3.00. The van der Waals surface area contributed by atoms with Gasteiger partial charge in [0.05, 0.1) is 5.52 Å². The maximum Gasteiger partial charge on any atom is 0.130 e. The summed E-state index contributed by atoms with van der Waals surface area (Å²) in [5, 5.41) is 5.25. The van der Waals surface area contributed by atoms with E-state index in [9.17, 15) is 0 Å². The molecule has 1 atom stereocenters. The Kier molecular flexibility index (Phi) is 1.86. The molecule has 0 saturated carbocycles. The molecule has 3 heteroatoms. The van der Waals surface area contributed by atoms with Crippen molar-refractivity contribution in [3.8, 4) is 0 Å². The fraction of sp³-hybridized carbons (Fsp3) is 0.250. The average Bonchev–Trinajstić information content (AvgIpc) is 2.53. The van der Waals surface area contributed by atoms with Gasteiger partial charge >= 0.3 is 0 Å². The Labute approximate surface area is 93.3 Å². The average molecular weight is 219 g/mol. The van der Waals surface area contributed by atoms with E-state index in [-0.39, 0.29) is 0 Å². The maximum atomic E-state index is 5.95. The summed E-state index contributed by atoms with van der Waals surface area (Å²) in [4.78, 5) is 4.58. The molecule has 0 bridgehead atoms. The molecule has 1 N–H and O–H groups in total. The van der Waals surface area contributed by atoms with Crippen LogP contribution in [0.4, 0.5) is 5.82 Å². The van der Waals surface area contributed by atoms with E-state index in [1.807, 2.05) is 18.2 Å². The minimum atomic E-state index is 0.486. The van der Waals surface area contributed by atoms with Gasteiger partial charge in [0.25, 0.3) is 0 Å². The monoisotopic (exact) mass is 218 g/mol. The normalized spacial score (nSPS) is 18.9. The van der Waals surface area contributed by atoms with Gasteiger partial charge in [-0.3, -0.25) is 0 Å². The highest BCUT2D eigenvalue weighted by Gasteiger charge is 2.18. The summed E-state index contributed by atoms with van der Waals surface area (Å²) in [5.74, 6) is 1.03. The number of rotatable bonds is 0. The van der Waals surface area contributed by atoms with Crippen LogP contribution in [0.3, 0.4) is 0 Å². The predicted octanol–water partition coefficient (Wildman–Crippen LogP) is 3.24. The van der Waals surface area contributed by atoms with Crippen molar-refractivity contribution in [2.75, 3.05) is 5.32 Å². The fourth-order valence-electron chi connectivity index (χ4n) is 2.09. The van der Waals surface area contributed by atoms with Crippen molar-refractivity contribution < 1.29 is 0 Å². The number of pyridine rings is 1. The molecule has 1 aromatic carbocycles. The highest BCUT2D eigenvalue weighted by atomic mass is 35.5. The fourth-order valence-corrected chi connectivity index (χ4v) is 2.27. The van der Waals surface area contributed by atoms with Crippen LogP contribution in [0, 0.1) is 0 Å². The van der Waals surface area contributed by atoms with Crippen molar-refractivity contribution >= 4 is 28.3 Å². The Bertz CT molecular complexity index is 536. The van der Waals surface area contributed by atoms with Gasteiger partial charge in [0.1, 0.15) is 5.82 Å². The first kappa shape index (κ1) is 8.98. The van der Waals surface area contributed by atoms with Crippen LogP contribution in [0.15, 0.2) is 24.3 Å². The lowest BCUT2D eigenvalue weighted by atomic mass is 10.1. The molecule has 2 nitrogen and oxygen atoms in total. The van der Waals surface area contributed by atoms with Gasteiger partial charge in [0.2, 0.25) is 0 Å². The summed E-state index contributed by atoms with van der Waals surface area (Å²) < 4.78 is 0. The first-order chi connectivity index (χ1) is 7.22. The van der Waals surface area contributed by atoms with Crippen LogP contribution in [-0.4, -0.2) is 11.0 Å². The standard InChI is InChI=1S/C12H11ClN2/c1-7-4-9-5-8-6-10(13)2-3-11(8)15-12(9)14-7/h2-3,5-7H,4H2,1H3,(H,14,15). The van der Waals surface area contributed by atoms with Crippen LogP contribution < -0.4 is 5.32 Å². The van der Waals surface area contributed by atoms with Gasteiger partial charge in [-0.05, 0) is 43.2 Å². The molecular weight excluding hydrogens is 208 g/mol. The molecule has 2 aromatic rings. The Hall–Kier alpha value is -1.28. The van der Waals surface area contributed by atoms with Crippen LogP contribution in [0.2, 0.25) is 5.02 Å². The minimum Gasteiger partial charge on any atom is -0.367 e. The van der Waals surface area contributed by atoms with E-state index in [0.29, 0.717) is 6.04 Å². The molecule has 0 amide bonds. The van der Waals surface area contributed by atoms with Crippen LogP contribution in [0.25, 0.3) is 10.9 Å². The summed E-state index contributed by atoms with van der Waals surface area (Å²) in [7, 11) is 0. The maximum absolute atomic E-state index is 5.95. The van der Waals surface area contributed by atoms with Crippen molar-refractivity contribution in [3.63, 3.8) is 0 Å². The first-order valence-corrected chi connectivity index (χ1v) is 5.46. The number of fused-ring (bicyclic) bond motifs is 2. The number of anilines is 1. The van der Waals surface area contributed by atoms with E-state index in [0.717, 1.165) is 28.2 Å². The quantitative estimate of drug-likeness (QED) is 0.734. The summed E-state index contributed by atoms with van der Waals surface area (Å²) >= 11 is 5.95. The molecule has 2 heterocycles. The molecule has 1 aromatic heterocycles. The molecule has 0 saturated heterocycles. The number of hydrogen-bond donors (Lipinski definition) is 1. The van der Waals surface area contributed by atoms with Gasteiger partial charge in [-0.25, -0.2) is 4.98 Å². The zero-order valence-electron chi connectivity index (χ0n) is 8.42. The van der Waals surface area contributed by atoms with E-state index >= 15 is 0 Å². The van der Waals surface area contributed by atoms with E-state index < -0.39 is 0 Å².